The number of hydrogen-bond donors (Lipinski definition) is 2. The summed E-state index contributed by atoms with van der Waals surface area (Å²) in [6.07, 6.45) is 14.3. The molecule has 1 saturated heterocycles. The maximum absolute atomic E-state index is 14.5. The molecule has 1 aliphatic heterocycles. The van der Waals surface area contributed by atoms with Crippen molar-refractivity contribution in [1.29, 1.82) is 0 Å². The first-order valence-corrected chi connectivity index (χ1v) is 11.1. The molecule has 0 aliphatic carbocycles. The van der Waals surface area contributed by atoms with E-state index in [-0.39, 0.29) is 17.8 Å². The van der Waals surface area contributed by atoms with E-state index >= 15 is 0 Å². The average Bonchev–Trinajstić information content (AvgIpc) is 3.22. The van der Waals surface area contributed by atoms with E-state index in [1.807, 2.05) is 4.90 Å². The Balaban J connectivity index is 1.50. The van der Waals surface area contributed by atoms with Crippen LogP contribution in [-0.2, 0) is 4.79 Å². The molecule has 1 atom stereocenters. The van der Waals surface area contributed by atoms with Crippen LogP contribution < -0.4 is 5.32 Å². The molecule has 7 nitrogen and oxygen atoms in total. The van der Waals surface area contributed by atoms with E-state index in [1.54, 1.807) is 18.5 Å². The van der Waals surface area contributed by atoms with Crippen LogP contribution in [0.4, 0.5) is 10.2 Å². The number of amides is 1. The number of H-pyrrole nitrogens is 1. The number of anilines is 1. The van der Waals surface area contributed by atoms with E-state index in [1.165, 1.54) is 0 Å². The van der Waals surface area contributed by atoms with E-state index in [0.29, 0.717) is 54.4 Å². The van der Waals surface area contributed by atoms with Gasteiger partial charge in [0.15, 0.2) is 17.5 Å². The number of terminal acetylenes is 1. The molecule has 32 heavy (non-hydrogen) atoms. The van der Waals surface area contributed by atoms with E-state index in [2.05, 4.69) is 31.2 Å². The fourth-order valence-electron chi connectivity index (χ4n) is 4.02. The predicted octanol–water partition coefficient (Wildman–Crippen LogP) is 4.41. The number of unbranched alkanes of at least 4 members (excludes halogenated alkanes) is 1. The van der Waals surface area contributed by atoms with Crippen molar-refractivity contribution in [1.82, 2.24) is 24.8 Å². The molecular formula is C23H24ClFN6O. The van der Waals surface area contributed by atoms with Crippen molar-refractivity contribution in [2.45, 2.75) is 44.6 Å². The zero-order chi connectivity index (χ0) is 22.5. The molecule has 0 saturated carbocycles. The lowest BCUT2D eigenvalue weighted by Gasteiger charge is -2.36. The van der Waals surface area contributed by atoms with Crippen LogP contribution in [0.2, 0.25) is 5.02 Å². The molecule has 0 spiro atoms. The number of hydrogen-bond acceptors (Lipinski definition) is 5. The number of likely N-dealkylation sites (tertiary alicyclic amines) is 1. The molecule has 1 fully saturated rings. The first kappa shape index (κ1) is 22.0. The van der Waals surface area contributed by atoms with Crippen molar-refractivity contribution in [2.75, 3.05) is 18.4 Å². The molecule has 1 amide bonds. The maximum atomic E-state index is 14.5. The van der Waals surface area contributed by atoms with Gasteiger partial charge in [0.25, 0.3) is 0 Å². The molecule has 0 aromatic carbocycles. The van der Waals surface area contributed by atoms with Crippen LogP contribution in [0.5, 0.6) is 0 Å². The molecule has 0 unspecified atom stereocenters. The summed E-state index contributed by atoms with van der Waals surface area (Å²) in [5.74, 6) is 2.57. The van der Waals surface area contributed by atoms with Gasteiger partial charge in [-0.2, -0.15) is 0 Å². The van der Waals surface area contributed by atoms with Crippen LogP contribution in [0.15, 0.2) is 24.7 Å². The Hall–Kier alpha value is -3.18. The largest absolute Gasteiger partial charge is 0.365 e. The highest BCUT2D eigenvalue weighted by Crippen LogP contribution is 2.28. The van der Waals surface area contributed by atoms with Gasteiger partial charge in [0.2, 0.25) is 5.91 Å². The minimum atomic E-state index is -0.549. The van der Waals surface area contributed by atoms with Crippen molar-refractivity contribution in [3.05, 3.63) is 35.5 Å². The summed E-state index contributed by atoms with van der Waals surface area (Å²) in [5, 5.41) is 4.34. The monoisotopic (exact) mass is 454 g/mol. The Kier molecular flexibility index (Phi) is 6.86. The topological polar surface area (TPSA) is 86.8 Å². The number of nitrogens with zero attached hydrogens (tertiary/aromatic N) is 4. The van der Waals surface area contributed by atoms with E-state index < -0.39 is 5.82 Å². The van der Waals surface area contributed by atoms with Crippen molar-refractivity contribution in [3.63, 3.8) is 0 Å². The lowest BCUT2D eigenvalue weighted by Crippen LogP contribution is -2.47. The summed E-state index contributed by atoms with van der Waals surface area (Å²) in [5.41, 5.74) is 1.33. The number of aromatic nitrogens is 4. The maximum Gasteiger partial charge on any atom is 0.222 e. The molecule has 2 N–H and O–H groups in total. The smallest absolute Gasteiger partial charge is 0.222 e. The molecule has 3 aromatic heterocycles. The fourth-order valence-corrected chi connectivity index (χ4v) is 4.18. The summed E-state index contributed by atoms with van der Waals surface area (Å²) in [7, 11) is 0. The average molecular weight is 455 g/mol. The van der Waals surface area contributed by atoms with Gasteiger partial charge in [0.1, 0.15) is 5.65 Å². The quantitative estimate of drug-likeness (QED) is 0.408. The summed E-state index contributed by atoms with van der Waals surface area (Å²) in [6, 6.07) is 1.75. The van der Waals surface area contributed by atoms with Crippen LogP contribution >= 0.6 is 11.6 Å². The molecule has 3 aromatic rings. The number of piperidine rings is 1. The second kappa shape index (κ2) is 9.96. The number of rotatable bonds is 7. The van der Waals surface area contributed by atoms with Gasteiger partial charge in [-0.3, -0.25) is 4.79 Å². The minimum absolute atomic E-state index is 0.0176. The molecule has 9 heteroatoms. The Labute approximate surface area is 190 Å². The fraction of sp³-hybridized carbons (Fsp3) is 0.391. The van der Waals surface area contributed by atoms with Gasteiger partial charge in [-0.1, -0.05) is 11.6 Å². The second-order valence-electron chi connectivity index (χ2n) is 7.82. The SMILES string of the molecule is C#CCCCC(=O)N1CCCC[C@@H]1CNc1nc(-c2c[nH]c3ncc(Cl)cc23)ncc1F. The van der Waals surface area contributed by atoms with Crippen molar-refractivity contribution in [3.8, 4) is 23.7 Å². The lowest BCUT2D eigenvalue weighted by atomic mass is 10.0. The summed E-state index contributed by atoms with van der Waals surface area (Å²) < 4.78 is 14.5. The van der Waals surface area contributed by atoms with Gasteiger partial charge >= 0.3 is 0 Å². The van der Waals surface area contributed by atoms with Gasteiger partial charge in [-0.15, -0.1) is 12.3 Å². The van der Waals surface area contributed by atoms with Gasteiger partial charge < -0.3 is 15.2 Å². The van der Waals surface area contributed by atoms with Gasteiger partial charge in [-0.05, 0) is 31.7 Å². The molecule has 0 radical (unpaired) electrons. The number of halogens is 2. The third kappa shape index (κ3) is 4.83. The first-order chi connectivity index (χ1) is 15.6. The van der Waals surface area contributed by atoms with Crippen molar-refractivity contribution >= 4 is 34.4 Å². The summed E-state index contributed by atoms with van der Waals surface area (Å²) in [4.78, 5) is 30.3. The summed E-state index contributed by atoms with van der Waals surface area (Å²) in [6.45, 7) is 1.12. The van der Waals surface area contributed by atoms with Gasteiger partial charge in [0.05, 0.1) is 11.2 Å². The Morgan fingerprint density at radius 2 is 2.25 bits per heavy atom. The van der Waals surface area contributed by atoms with Gasteiger partial charge in [0, 0.05) is 55.3 Å². The normalized spacial score (nSPS) is 16.2. The van der Waals surface area contributed by atoms with Gasteiger partial charge in [-0.25, -0.2) is 19.3 Å². The number of carbonyl (C=O) groups excluding carboxylic acids is 1. The predicted molar refractivity (Wildman–Crippen MR) is 123 cm³/mol. The lowest BCUT2D eigenvalue weighted by molar-refractivity contribution is -0.134. The van der Waals surface area contributed by atoms with Crippen molar-refractivity contribution < 1.29 is 9.18 Å². The summed E-state index contributed by atoms with van der Waals surface area (Å²) >= 11 is 6.07. The zero-order valence-electron chi connectivity index (χ0n) is 17.6. The van der Waals surface area contributed by atoms with Crippen molar-refractivity contribution in [2.24, 2.45) is 0 Å². The Morgan fingerprint density at radius 3 is 3.09 bits per heavy atom. The van der Waals surface area contributed by atoms with Crippen LogP contribution in [0.3, 0.4) is 0 Å². The number of carbonyl (C=O) groups is 1. The standard InChI is InChI=1S/C23H24ClFN6O/c1-2-3-4-8-20(32)31-9-6-5-7-16(31)12-27-23-19(25)14-29-22(30-23)18-13-28-21-17(18)10-15(24)11-26-21/h1,10-11,13-14,16H,3-9,12H2,(H,26,28)(H,27,29,30)/t16-/m1/s1. The number of nitrogens with one attached hydrogen (secondary N) is 2. The second-order valence-corrected chi connectivity index (χ2v) is 8.25. The first-order valence-electron chi connectivity index (χ1n) is 10.7. The highest BCUT2D eigenvalue weighted by molar-refractivity contribution is 6.31. The minimum Gasteiger partial charge on any atom is -0.365 e. The van der Waals surface area contributed by atoms with Crippen LogP contribution in [-0.4, -0.2) is 49.9 Å². The number of aromatic amines is 1. The van der Waals surface area contributed by atoms with E-state index in [4.69, 9.17) is 18.0 Å². The Morgan fingerprint density at radius 1 is 1.38 bits per heavy atom. The third-order valence-electron chi connectivity index (χ3n) is 5.65. The van der Waals surface area contributed by atoms with Crippen LogP contribution in [0, 0.1) is 18.2 Å². The molecule has 0 bridgehead atoms. The third-order valence-corrected chi connectivity index (χ3v) is 5.85. The highest BCUT2D eigenvalue weighted by Gasteiger charge is 2.26. The van der Waals surface area contributed by atoms with E-state index in [9.17, 15) is 9.18 Å². The van der Waals surface area contributed by atoms with Crippen LogP contribution in [0.1, 0.15) is 38.5 Å². The van der Waals surface area contributed by atoms with E-state index in [0.717, 1.165) is 30.8 Å². The highest BCUT2D eigenvalue weighted by atomic mass is 35.5. The molecule has 4 heterocycles. The number of pyridine rings is 1. The molecular weight excluding hydrogens is 431 g/mol. The molecule has 1 aliphatic rings. The Bertz CT molecular complexity index is 1160. The van der Waals surface area contributed by atoms with Crippen LogP contribution in [0.25, 0.3) is 22.4 Å². The number of fused-ring (bicyclic) bond motifs is 1. The zero-order valence-corrected chi connectivity index (χ0v) is 18.3. The molecule has 4 rings (SSSR count). The molecule has 166 valence electrons.